The average Bonchev–Trinajstić information content (AvgIpc) is 2.02. The summed E-state index contributed by atoms with van der Waals surface area (Å²) in [4.78, 5) is 0. The molecule has 0 unspecified atom stereocenters. The maximum absolute atomic E-state index is 5.70. The first kappa shape index (κ1) is 9.81. The fourth-order valence-electron chi connectivity index (χ4n) is 1.12. The molecular formula is C9H17BO2. The van der Waals surface area contributed by atoms with Gasteiger partial charge in [0.15, 0.2) is 0 Å². The Hall–Kier alpha value is -0.275. The van der Waals surface area contributed by atoms with Crippen molar-refractivity contribution in [2.24, 2.45) is 0 Å². The van der Waals surface area contributed by atoms with E-state index in [0.29, 0.717) is 0 Å². The lowest BCUT2D eigenvalue weighted by Crippen LogP contribution is -2.41. The highest BCUT2D eigenvalue weighted by Crippen LogP contribution is 2.36. The summed E-state index contributed by atoms with van der Waals surface area (Å²) < 4.78 is 11.4. The van der Waals surface area contributed by atoms with E-state index in [1.165, 1.54) is 0 Å². The van der Waals surface area contributed by atoms with E-state index in [-0.39, 0.29) is 18.3 Å². The molecule has 0 amide bonds. The van der Waals surface area contributed by atoms with Crippen LogP contribution in [0, 0.1) is 0 Å². The predicted molar refractivity (Wildman–Crippen MR) is 50.9 cm³/mol. The smallest absolute Gasteiger partial charge is 0.400 e. The maximum atomic E-state index is 5.70. The first-order valence-corrected chi connectivity index (χ1v) is 4.37. The number of hydrogen-bond acceptors (Lipinski definition) is 2. The second-order valence-electron chi connectivity index (χ2n) is 4.15. The fraction of sp³-hybridized carbons (Fsp3) is 0.778. The fourth-order valence-corrected chi connectivity index (χ4v) is 1.12. The van der Waals surface area contributed by atoms with Crippen LogP contribution >= 0.6 is 0 Å². The van der Waals surface area contributed by atoms with Crippen LogP contribution in [0.3, 0.4) is 0 Å². The van der Waals surface area contributed by atoms with Crippen molar-refractivity contribution in [2.75, 3.05) is 0 Å². The Morgan fingerprint density at radius 3 is 1.75 bits per heavy atom. The molecule has 0 atom stereocenters. The molecule has 1 heterocycles. The second kappa shape index (κ2) is 2.89. The summed E-state index contributed by atoms with van der Waals surface area (Å²) in [5.74, 6) is 1.93. The van der Waals surface area contributed by atoms with Gasteiger partial charge in [-0.15, -0.1) is 0 Å². The lowest BCUT2D eigenvalue weighted by Gasteiger charge is -2.32. The zero-order valence-electron chi connectivity index (χ0n) is 8.55. The van der Waals surface area contributed by atoms with Gasteiger partial charge in [-0.1, -0.05) is 12.1 Å². The maximum Gasteiger partial charge on any atom is 0.486 e. The molecule has 0 aliphatic carbocycles. The van der Waals surface area contributed by atoms with Crippen LogP contribution in [0.15, 0.2) is 12.1 Å². The van der Waals surface area contributed by atoms with Crippen LogP contribution in [0.4, 0.5) is 0 Å². The molecule has 1 rings (SSSR count). The van der Waals surface area contributed by atoms with Crippen LogP contribution in [0.25, 0.3) is 0 Å². The molecular weight excluding hydrogens is 151 g/mol. The van der Waals surface area contributed by atoms with Crippen molar-refractivity contribution < 1.29 is 9.31 Å². The van der Waals surface area contributed by atoms with Gasteiger partial charge in [0.1, 0.15) is 0 Å². The Labute approximate surface area is 75.1 Å². The highest BCUT2D eigenvalue weighted by molar-refractivity contribution is 6.51. The van der Waals surface area contributed by atoms with Gasteiger partial charge < -0.3 is 9.31 Å². The van der Waals surface area contributed by atoms with Crippen molar-refractivity contribution in [3.05, 3.63) is 12.1 Å². The minimum Gasteiger partial charge on any atom is -0.400 e. The molecule has 0 bridgehead atoms. The third-order valence-corrected chi connectivity index (χ3v) is 2.62. The summed E-state index contributed by atoms with van der Waals surface area (Å²) in [6, 6.07) is 0. The van der Waals surface area contributed by atoms with Crippen molar-refractivity contribution in [3.8, 4) is 0 Å². The van der Waals surface area contributed by atoms with Crippen molar-refractivity contribution in [3.63, 3.8) is 0 Å². The molecule has 0 aromatic carbocycles. The van der Waals surface area contributed by atoms with Crippen LogP contribution in [0.1, 0.15) is 34.6 Å². The average molecular weight is 168 g/mol. The lowest BCUT2D eigenvalue weighted by molar-refractivity contribution is 0.00578. The predicted octanol–water partition coefficient (Wildman–Crippen LogP) is 2.19. The molecule has 1 aliphatic heterocycles. The second-order valence-corrected chi connectivity index (χ2v) is 4.15. The van der Waals surface area contributed by atoms with Crippen LogP contribution in [-0.2, 0) is 9.31 Å². The van der Waals surface area contributed by atoms with E-state index in [0.717, 1.165) is 0 Å². The van der Waals surface area contributed by atoms with Crippen molar-refractivity contribution >= 4 is 7.12 Å². The van der Waals surface area contributed by atoms with Crippen LogP contribution in [0.5, 0.6) is 0 Å². The van der Waals surface area contributed by atoms with Gasteiger partial charge in [-0.05, 0) is 34.6 Å². The highest BCUT2D eigenvalue weighted by atomic mass is 16.7. The zero-order valence-corrected chi connectivity index (χ0v) is 8.55. The van der Waals surface area contributed by atoms with E-state index < -0.39 is 0 Å². The Morgan fingerprint density at radius 1 is 1.00 bits per heavy atom. The minimum atomic E-state index is -0.211. The third kappa shape index (κ3) is 1.57. The Bertz CT molecular complexity index is 181. The van der Waals surface area contributed by atoms with E-state index in [2.05, 4.69) is 27.7 Å². The molecule has 2 nitrogen and oxygen atoms in total. The van der Waals surface area contributed by atoms with Crippen LogP contribution in [0.2, 0.25) is 0 Å². The molecule has 1 fully saturated rings. The number of hydrogen-bond donors (Lipinski definition) is 0. The zero-order chi connectivity index (χ0) is 9.41. The van der Waals surface area contributed by atoms with Crippen molar-refractivity contribution in [2.45, 2.75) is 45.8 Å². The molecule has 0 N–H and O–H groups in total. The molecule has 0 saturated carbocycles. The van der Waals surface area contributed by atoms with Crippen LogP contribution < -0.4 is 0 Å². The van der Waals surface area contributed by atoms with E-state index in [4.69, 9.17) is 9.31 Å². The normalized spacial score (nSPS) is 26.9. The first-order chi connectivity index (χ1) is 5.39. The van der Waals surface area contributed by atoms with Gasteiger partial charge >= 0.3 is 7.12 Å². The summed E-state index contributed by atoms with van der Waals surface area (Å²) in [6.07, 6.45) is 1.95. The number of allylic oxidation sites excluding steroid dienone is 1. The Morgan fingerprint density at radius 2 is 1.42 bits per heavy atom. The van der Waals surface area contributed by atoms with Crippen molar-refractivity contribution in [1.82, 2.24) is 0 Å². The standard InChI is InChI=1S/C9H17BO2/c1-6-7-10-11-8(2,3)9(4,5)12-10/h6-7H,1-5H3/b7-6+. The Balaban J connectivity index is 2.74. The topological polar surface area (TPSA) is 18.5 Å². The molecule has 12 heavy (non-hydrogen) atoms. The summed E-state index contributed by atoms with van der Waals surface area (Å²) in [5, 5.41) is 0. The molecule has 3 heteroatoms. The van der Waals surface area contributed by atoms with Crippen LogP contribution in [-0.4, -0.2) is 18.3 Å². The summed E-state index contributed by atoms with van der Waals surface area (Å²) in [7, 11) is -0.181. The molecule has 0 aromatic rings. The molecule has 0 radical (unpaired) electrons. The molecule has 0 aromatic heterocycles. The molecule has 1 aliphatic rings. The van der Waals surface area contributed by atoms with Gasteiger partial charge in [0.25, 0.3) is 0 Å². The van der Waals surface area contributed by atoms with E-state index in [9.17, 15) is 0 Å². The van der Waals surface area contributed by atoms with Gasteiger partial charge in [-0.3, -0.25) is 0 Å². The van der Waals surface area contributed by atoms with Gasteiger partial charge in [0.05, 0.1) is 11.2 Å². The van der Waals surface area contributed by atoms with Gasteiger partial charge in [-0.2, -0.15) is 0 Å². The highest BCUT2D eigenvalue weighted by Gasteiger charge is 2.49. The molecule has 0 spiro atoms. The SMILES string of the molecule is C/C=C/B1OC(C)(C)C(C)(C)O1. The Kier molecular flexibility index (Phi) is 2.36. The van der Waals surface area contributed by atoms with Gasteiger partial charge in [-0.25, -0.2) is 0 Å². The summed E-state index contributed by atoms with van der Waals surface area (Å²) in [5.41, 5.74) is -0.422. The molecule has 68 valence electrons. The van der Waals surface area contributed by atoms with Gasteiger partial charge in [0.2, 0.25) is 0 Å². The minimum absolute atomic E-state index is 0.181. The quantitative estimate of drug-likeness (QED) is 0.558. The van der Waals surface area contributed by atoms with E-state index >= 15 is 0 Å². The van der Waals surface area contributed by atoms with E-state index in [1.807, 2.05) is 19.0 Å². The summed E-state index contributed by atoms with van der Waals surface area (Å²) in [6.45, 7) is 10.2. The molecule has 1 saturated heterocycles. The third-order valence-electron chi connectivity index (χ3n) is 2.62. The summed E-state index contributed by atoms with van der Waals surface area (Å²) >= 11 is 0. The largest absolute Gasteiger partial charge is 0.486 e. The van der Waals surface area contributed by atoms with Crippen molar-refractivity contribution in [1.29, 1.82) is 0 Å². The lowest BCUT2D eigenvalue weighted by atomic mass is 9.90. The van der Waals surface area contributed by atoms with E-state index in [1.54, 1.807) is 0 Å². The monoisotopic (exact) mass is 168 g/mol. The first-order valence-electron chi connectivity index (χ1n) is 4.37. The van der Waals surface area contributed by atoms with Gasteiger partial charge in [0, 0.05) is 0 Å². The number of rotatable bonds is 1.